The van der Waals surface area contributed by atoms with Gasteiger partial charge in [0.15, 0.2) is 0 Å². The van der Waals surface area contributed by atoms with E-state index in [-0.39, 0.29) is 0 Å². The van der Waals surface area contributed by atoms with Crippen LogP contribution >= 0.6 is 0 Å². The van der Waals surface area contributed by atoms with Gasteiger partial charge in [-0.2, -0.15) is 4.85 Å². The molecule has 0 radical (unpaired) electrons. The van der Waals surface area contributed by atoms with Crippen LogP contribution in [0.4, 0.5) is 0 Å². The van der Waals surface area contributed by atoms with Crippen LogP contribution in [0.2, 0.25) is 0 Å². The van der Waals surface area contributed by atoms with E-state index < -0.39 is 6.41 Å². The quantitative estimate of drug-likeness (QED) is 0.494. The minimum atomic E-state index is -1.12. The van der Waals surface area contributed by atoms with E-state index in [1.807, 2.05) is 12.1 Å². The number of hydrogen-bond donors (Lipinski definition) is 3. The molecular weight excluding hydrogens is 238 g/mol. The highest BCUT2D eigenvalue weighted by Crippen LogP contribution is 2.12. The number of aliphatic hydroxyl groups is 1. The third kappa shape index (κ3) is 1.98. The van der Waals surface area contributed by atoms with E-state index in [1.165, 1.54) is 0 Å². The van der Waals surface area contributed by atoms with Crippen LogP contribution in [-0.2, 0) is 11.3 Å². The van der Waals surface area contributed by atoms with Crippen molar-refractivity contribution in [2.45, 2.75) is 19.3 Å². The van der Waals surface area contributed by atoms with E-state index in [9.17, 15) is 5.21 Å². The number of hydroxylamine groups is 1. The smallest absolute Gasteiger partial charge is 0.280 e. The number of aryl methyl sites for hydroxylation is 1. The molecule has 0 amide bonds. The first-order valence-corrected chi connectivity index (χ1v) is 5.45. The van der Waals surface area contributed by atoms with Crippen LogP contribution in [0.15, 0.2) is 23.2 Å². The molecule has 1 atom stereocenters. The number of hydrogen-bond acceptors (Lipinski definition) is 6. The molecule has 1 unspecified atom stereocenters. The number of nitrogens with one attached hydrogen (secondary N) is 2. The van der Waals surface area contributed by atoms with E-state index >= 15 is 0 Å². The molecule has 0 spiro atoms. The number of aliphatic imine (C=N–C) groups is 1. The number of benzene rings is 1. The van der Waals surface area contributed by atoms with Gasteiger partial charge in [-0.25, -0.2) is 15.3 Å². The second-order valence-electron chi connectivity index (χ2n) is 3.95. The van der Waals surface area contributed by atoms with Crippen molar-refractivity contribution in [1.29, 1.82) is 0 Å². The summed E-state index contributed by atoms with van der Waals surface area (Å²) < 4.78 is 0. The zero-order valence-electron chi connectivity index (χ0n) is 9.33. The molecule has 2 aromatic rings. The summed E-state index contributed by atoms with van der Waals surface area (Å²) in [6.07, 6.45) is 0.210. The maximum atomic E-state index is 11.2. The molecule has 0 saturated carbocycles. The highest BCUT2D eigenvalue weighted by atomic mass is 16.7. The number of nitrogens with zero attached hydrogens (tertiary/aromatic N) is 3. The molecular formula is C10H11N5O3. The van der Waals surface area contributed by atoms with Crippen LogP contribution in [0.25, 0.3) is 11.0 Å². The molecule has 18 heavy (non-hydrogen) atoms. The molecule has 0 bridgehead atoms. The third-order valence-electron chi connectivity index (χ3n) is 2.72. The zero-order chi connectivity index (χ0) is 12.5. The van der Waals surface area contributed by atoms with Gasteiger partial charge in [0.2, 0.25) is 11.0 Å². The number of aliphatic hydroxyl groups excluding tert-OH is 1. The van der Waals surface area contributed by atoms with E-state index in [0.717, 1.165) is 5.56 Å². The molecule has 1 aliphatic heterocycles. The van der Waals surface area contributed by atoms with Gasteiger partial charge in [0.1, 0.15) is 5.84 Å². The molecule has 0 saturated heterocycles. The molecule has 0 aliphatic carbocycles. The summed E-state index contributed by atoms with van der Waals surface area (Å²) in [5, 5.41) is 26.4. The van der Waals surface area contributed by atoms with Gasteiger partial charge < -0.3 is 10.3 Å². The summed E-state index contributed by atoms with van der Waals surface area (Å²) in [5.74, 6) is 0.600. The topological polar surface area (TPSA) is 109 Å². The Kier molecular flexibility index (Phi) is 2.58. The summed E-state index contributed by atoms with van der Waals surface area (Å²) in [6, 6.07) is 5.42. The molecule has 1 aliphatic rings. The Hall–Kier alpha value is -2.19. The van der Waals surface area contributed by atoms with Crippen LogP contribution in [0, 0.1) is 5.21 Å². The lowest BCUT2D eigenvalue weighted by atomic mass is 10.1. The van der Waals surface area contributed by atoms with E-state index in [2.05, 4.69) is 25.6 Å². The summed E-state index contributed by atoms with van der Waals surface area (Å²) in [5.41, 5.74) is 4.70. The predicted molar refractivity (Wildman–Crippen MR) is 61.0 cm³/mol. The van der Waals surface area contributed by atoms with E-state index in [0.29, 0.717) is 34.6 Å². The zero-order valence-corrected chi connectivity index (χ0v) is 9.33. The van der Waals surface area contributed by atoms with Gasteiger partial charge in [0, 0.05) is 11.5 Å². The summed E-state index contributed by atoms with van der Waals surface area (Å²) in [4.78, 5) is 9.12. The van der Waals surface area contributed by atoms with Crippen LogP contribution in [0.3, 0.4) is 0 Å². The number of fused-ring (bicyclic) bond motifs is 1. The maximum Gasteiger partial charge on any atom is 0.280 e. The summed E-state index contributed by atoms with van der Waals surface area (Å²) in [6.45, 7) is 0. The monoisotopic (exact) mass is 249 g/mol. The average molecular weight is 249 g/mol. The summed E-state index contributed by atoms with van der Waals surface area (Å²) >= 11 is 0. The first-order chi connectivity index (χ1) is 8.72. The highest BCUT2D eigenvalue weighted by molar-refractivity contribution is 5.82. The lowest BCUT2D eigenvalue weighted by Gasteiger charge is -2.01. The minimum absolute atomic E-state index is 0.508. The molecule has 8 nitrogen and oxygen atoms in total. The molecule has 8 heteroatoms. The van der Waals surface area contributed by atoms with Crippen molar-refractivity contribution in [2.24, 2.45) is 4.99 Å². The largest absolute Gasteiger partial charge is 0.692 e. The Morgan fingerprint density at radius 2 is 2.33 bits per heavy atom. The lowest BCUT2D eigenvalue weighted by molar-refractivity contribution is -0.644. The van der Waals surface area contributed by atoms with Crippen molar-refractivity contribution in [2.75, 3.05) is 0 Å². The molecule has 0 fully saturated rings. The SMILES string of the molecule is [O-][n+]1[nH]nc2cc(CCC3=NC(O)ON3)ccc21. The van der Waals surface area contributed by atoms with Crippen LogP contribution < -0.4 is 10.3 Å². The normalized spacial score (nSPS) is 18.9. The lowest BCUT2D eigenvalue weighted by Crippen LogP contribution is -2.27. The first-order valence-electron chi connectivity index (χ1n) is 5.45. The number of aromatic nitrogens is 3. The molecule has 1 aromatic carbocycles. The average Bonchev–Trinajstić information content (AvgIpc) is 2.94. The van der Waals surface area contributed by atoms with Gasteiger partial charge in [-0.3, -0.25) is 0 Å². The van der Waals surface area contributed by atoms with Crippen LogP contribution in [0.1, 0.15) is 12.0 Å². The van der Waals surface area contributed by atoms with Crippen LogP contribution in [-0.4, -0.2) is 27.7 Å². The van der Waals surface area contributed by atoms with Crippen molar-refractivity contribution in [3.63, 3.8) is 0 Å². The first kappa shape index (κ1) is 10.9. The Balaban J connectivity index is 1.73. The Labute approximate surface area is 101 Å². The Morgan fingerprint density at radius 1 is 1.44 bits per heavy atom. The van der Waals surface area contributed by atoms with Gasteiger partial charge in [-0.05, 0) is 24.1 Å². The van der Waals surface area contributed by atoms with Crippen molar-refractivity contribution in [3.05, 3.63) is 29.0 Å². The van der Waals surface area contributed by atoms with Gasteiger partial charge >= 0.3 is 0 Å². The fourth-order valence-corrected chi connectivity index (χ4v) is 1.82. The standard InChI is InChI=1S/C10H11N5O3/c16-10-11-9(13-18-10)4-2-6-1-3-8-7(5-6)12-14-15(8)17/h1,3,5,10,14,16H,2,4H2,(H,11,13). The van der Waals surface area contributed by atoms with Crippen molar-refractivity contribution in [3.8, 4) is 0 Å². The molecule has 3 rings (SSSR count). The van der Waals surface area contributed by atoms with Gasteiger partial charge in [0.25, 0.3) is 6.41 Å². The number of amidine groups is 1. The fraction of sp³-hybridized carbons (Fsp3) is 0.300. The molecule has 94 valence electrons. The van der Waals surface area contributed by atoms with Crippen LogP contribution in [0.5, 0.6) is 0 Å². The second kappa shape index (κ2) is 4.24. The third-order valence-corrected chi connectivity index (χ3v) is 2.72. The number of H-pyrrole nitrogens is 1. The van der Waals surface area contributed by atoms with Gasteiger partial charge in [-0.15, -0.1) is 0 Å². The molecule has 2 heterocycles. The van der Waals surface area contributed by atoms with Gasteiger partial charge in [0.05, 0.1) is 0 Å². The van der Waals surface area contributed by atoms with E-state index in [1.54, 1.807) is 6.07 Å². The molecule has 1 aromatic heterocycles. The maximum absolute atomic E-state index is 11.2. The number of aromatic amines is 1. The highest BCUT2D eigenvalue weighted by Gasteiger charge is 2.14. The second-order valence-corrected chi connectivity index (χ2v) is 3.95. The van der Waals surface area contributed by atoms with Crippen molar-refractivity contribution in [1.82, 2.24) is 15.8 Å². The Bertz CT molecular complexity index is 609. The number of rotatable bonds is 3. The minimum Gasteiger partial charge on any atom is -0.692 e. The van der Waals surface area contributed by atoms with Crippen molar-refractivity contribution >= 4 is 16.9 Å². The summed E-state index contributed by atoms with van der Waals surface area (Å²) in [7, 11) is 0. The fourth-order valence-electron chi connectivity index (χ4n) is 1.82. The van der Waals surface area contributed by atoms with E-state index in [4.69, 9.17) is 5.11 Å². The predicted octanol–water partition coefficient (Wildman–Crippen LogP) is -0.662. The van der Waals surface area contributed by atoms with Crippen molar-refractivity contribution < 1.29 is 14.8 Å². The molecule has 3 N–H and O–H groups in total. The van der Waals surface area contributed by atoms with Gasteiger partial charge in [-0.1, -0.05) is 11.3 Å². The Morgan fingerprint density at radius 3 is 3.11 bits per heavy atom.